The lowest BCUT2D eigenvalue weighted by Gasteiger charge is -2.35. The van der Waals surface area contributed by atoms with Crippen LogP contribution in [0, 0.1) is 11.8 Å². The lowest BCUT2D eigenvalue weighted by atomic mass is 9.69. The Balaban J connectivity index is 2.20. The van der Waals surface area contributed by atoms with Crippen molar-refractivity contribution < 1.29 is 4.79 Å². The maximum Gasteiger partial charge on any atom is 0.136 e. The van der Waals surface area contributed by atoms with Crippen LogP contribution in [0.3, 0.4) is 0 Å². The third-order valence-electron chi connectivity index (χ3n) is 3.80. The van der Waals surface area contributed by atoms with Gasteiger partial charge in [-0.05, 0) is 45.4 Å². The molecule has 0 unspecified atom stereocenters. The smallest absolute Gasteiger partial charge is 0.136 e. The number of allylic oxidation sites excluding steroid dienone is 2. The summed E-state index contributed by atoms with van der Waals surface area (Å²) >= 11 is 0. The highest BCUT2D eigenvalue weighted by Gasteiger charge is 2.34. The molecule has 0 N–H and O–H groups in total. The average molecular weight is 178 g/mol. The summed E-state index contributed by atoms with van der Waals surface area (Å²) < 4.78 is 0. The van der Waals surface area contributed by atoms with Gasteiger partial charge in [0.1, 0.15) is 5.78 Å². The predicted octanol–water partition coefficient (Wildman–Crippen LogP) is 3.10. The molecule has 2 rings (SSSR count). The van der Waals surface area contributed by atoms with Gasteiger partial charge >= 0.3 is 0 Å². The number of carbonyl (C=O) groups is 1. The van der Waals surface area contributed by atoms with E-state index in [9.17, 15) is 4.79 Å². The Morgan fingerprint density at radius 3 is 2.62 bits per heavy atom. The number of carbonyl (C=O) groups excluding carboxylic acids is 1. The normalized spacial score (nSPS) is 34.8. The van der Waals surface area contributed by atoms with Crippen molar-refractivity contribution in [1.82, 2.24) is 0 Å². The molecule has 0 bridgehead atoms. The minimum Gasteiger partial charge on any atom is -0.299 e. The van der Waals surface area contributed by atoms with Crippen molar-refractivity contribution in [2.24, 2.45) is 11.8 Å². The summed E-state index contributed by atoms with van der Waals surface area (Å²) in [6.45, 7) is 4.41. The molecule has 1 nitrogen and oxygen atoms in total. The largest absolute Gasteiger partial charge is 0.299 e. The van der Waals surface area contributed by atoms with Gasteiger partial charge in [-0.3, -0.25) is 4.79 Å². The van der Waals surface area contributed by atoms with E-state index in [1.165, 1.54) is 24.0 Å². The van der Waals surface area contributed by atoms with Crippen LogP contribution < -0.4 is 0 Å². The van der Waals surface area contributed by atoms with Gasteiger partial charge in [-0.1, -0.05) is 11.1 Å². The zero-order valence-corrected chi connectivity index (χ0v) is 8.60. The minimum atomic E-state index is 0.387. The number of fused-ring (bicyclic) bond motifs is 1. The topological polar surface area (TPSA) is 17.1 Å². The number of ketones is 1. The SMILES string of the molecule is CC1=C(C)C[C@@H]2C(=O)CCC[C@@H]2C1. The van der Waals surface area contributed by atoms with E-state index < -0.39 is 0 Å². The van der Waals surface area contributed by atoms with Crippen LogP contribution in [0.15, 0.2) is 11.1 Å². The standard InChI is InChI=1S/C12H18O/c1-8-6-10-4-3-5-12(13)11(10)7-9(8)2/h10-11H,3-7H2,1-2H3/t10-,11+/m1/s1. The second-order valence-electron chi connectivity index (χ2n) is 4.69. The Labute approximate surface area is 80.2 Å². The van der Waals surface area contributed by atoms with E-state index in [4.69, 9.17) is 0 Å². The molecule has 0 saturated heterocycles. The van der Waals surface area contributed by atoms with Crippen LogP contribution in [0.2, 0.25) is 0 Å². The third-order valence-corrected chi connectivity index (χ3v) is 3.80. The Hall–Kier alpha value is -0.590. The van der Waals surface area contributed by atoms with Gasteiger partial charge in [0.15, 0.2) is 0 Å². The molecule has 13 heavy (non-hydrogen) atoms. The molecule has 0 aromatic rings. The first-order valence-electron chi connectivity index (χ1n) is 5.36. The lowest BCUT2D eigenvalue weighted by molar-refractivity contribution is -0.126. The molecule has 1 saturated carbocycles. The molecular formula is C12H18O. The maximum absolute atomic E-state index is 11.7. The van der Waals surface area contributed by atoms with Gasteiger partial charge in [0.05, 0.1) is 0 Å². The first-order chi connectivity index (χ1) is 6.18. The minimum absolute atomic E-state index is 0.387. The molecule has 0 radical (unpaired) electrons. The van der Waals surface area contributed by atoms with Crippen molar-refractivity contribution in [3.63, 3.8) is 0 Å². The number of Topliss-reactive ketones (excluding diaryl/α,β-unsaturated/α-hetero) is 1. The summed E-state index contributed by atoms with van der Waals surface area (Å²) in [5.41, 5.74) is 3.01. The van der Waals surface area contributed by atoms with Gasteiger partial charge in [-0.2, -0.15) is 0 Å². The van der Waals surface area contributed by atoms with E-state index in [2.05, 4.69) is 13.8 Å². The fourth-order valence-electron chi connectivity index (χ4n) is 2.78. The van der Waals surface area contributed by atoms with E-state index in [0.29, 0.717) is 17.6 Å². The van der Waals surface area contributed by atoms with Crippen LogP contribution in [0.4, 0.5) is 0 Å². The zero-order valence-electron chi connectivity index (χ0n) is 8.60. The highest BCUT2D eigenvalue weighted by atomic mass is 16.1. The van der Waals surface area contributed by atoms with Crippen LogP contribution in [-0.4, -0.2) is 5.78 Å². The first-order valence-corrected chi connectivity index (χ1v) is 5.36. The summed E-state index contributed by atoms with van der Waals surface area (Å²) in [5.74, 6) is 1.60. The lowest BCUT2D eigenvalue weighted by Crippen LogP contribution is -2.31. The van der Waals surface area contributed by atoms with Gasteiger partial charge < -0.3 is 0 Å². The molecule has 0 aliphatic heterocycles. The summed E-state index contributed by atoms with van der Waals surface area (Å²) in [6, 6.07) is 0. The number of hydrogen-bond acceptors (Lipinski definition) is 1. The fraction of sp³-hybridized carbons (Fsp3) is 0.750. The predicted molar refractivity (Wildman–Crippen MR) is 53.4 cm³/mol. The highest BCUT2D eigenvalue weighted by Crippen LogP contribution is 2.40. The van der Waals surface area contributed by atoms with Gasteiger partial charge in [-0.25, -0.2) is 0 Å². The molecule has 0 heterocycles. The Morgan fingerprint density at radius 2 is 1.85 bits per heavy atom. The van der Waals surface area contributed by atoms with E-state index in [1.54, 1.807) is 0 Å². The fourth-order valence-corrected chi connectivity index (χ4v) is 2.78. The maximum atomic E-state index is 11.7. The molecule has 0 amide bonds. The van der Waals surface area contributed by atoms with Crippen molar-refractivity contribution in [2.45, 2.75) is 46.0 Å². The molecule has 1 heteroatoms. The molecule has 0 aromatic carbocycles. The van der Waals surface area contributed by atoms with Gasteiger partial charge in [0, 0.05) is 12.3 Å². The summed E-state index contributed by atoms with van der Waals surface area (Å²) in [6.07, 6.45) is 5.48. The zero-order chi connectivity index (χ0) is 9.42. The molecule has 1 fully saturated rings. The average Bonchev–Trinajstić information content (AvgIpc) is 2.09. The van der Waals surface area contributed by atoms with Crippen LogP contribution >= 0.6 is 0 Å². The summed E-state index contributed by atoms with van der Waals surface area (Å²) in [4.78, 5) is 11.7. The Morgan fingerprint density at radius 1 is 1.15 bits per heavy atom. The van der Waals surface area contributed by atoms with Crippen molar-refractivity contribution in [3.8, 4) is 0 Å². The van der Waals surface area contributed by atoms with E-state index in [1.807, 2.05) is 0 Å². The van der Waals surface area contributed by atoms with Crippen LogP contribution in [-0.2, 0) is 4.79 Å². The third kappa shape index (κ3) is 1.56. The molecule has 0 spiro atoms. The van der Waals surface area contributed by atoms with Gasteiger partial charge in [-0.15, -0.1) is 0 Å². The quantitative estimate of drug-likeness (QED) is 0.521. The van der Waals surface area contributed by atoms with Gasteiger partial charge in [0.2, 0.25) is 0 Å². The molecular weight excluding hydrogens is 160 g/mol. The van der Waals surface area contributed by atoms with E-state index in [0.717, 1.165) is 19.3 Å². The van der Waals surface area contributed by atoms with Crippen molar-refractivity contribution in [2.75, 3.05) is 0 Å². The van der Waals surface area contributed by atoms with E-state index >= 15 is 0 Å². The van der Waals surface area contributed by atoms with Crippen molar-refractivity contribution in [3.05, 3.63) is 11.1 Å². The van der Waals surface area contributed by atoms with Gasteiger partial charge in [0.25, 0.3) is 0 Å². The van der Waals surface area contributed by atoms with Crippen molar-refractivity contribution in [1.29, 1.82) is 0 Å². The highest BCUT2D eigenvalue weighted by molar-refractivity contribution is 5.82. The second-order valence-corrected chi connectivity index (χ2v) is 4.69. The summed E-state index contributed by atoms with van der Waals surface area (Å²) in [5, 5.41) is 0. The first kappa shape index (κ1) is 8.98. The molecule has 2 aliphatic rings. The van der Waals surface area contributed by atoms with E-state index in [-0.39, 0.29) is 0 Å². The molecule has 2 aliphatic carbocycles. The molecule has 2 atom stereocenters. The monoisotopic (exact) mass is 178 g/mol. The molecule has 72 valence electrons. The Bertz CT molecular complexity index is 262. The number of hydrogen-bond donors (Lipinski definition) is 0. The second kappa shape index (κ2) is 3.28. The van der Waals surface area contributed by atoms with Crippen LogP contribution in [0.25, 0.3) is 0 Å². The number of rotatable bonds is 0. The van der Waals surface area contributed by atoms with Crippen LogP contribution in [0.5, 0.6) is 0 Å². The van der Waals surface area contributed by atoms with Crippen LogP contribution in [0.1, 0.15) is 46.0 Å². The van der Waals surface area contributed by atoms with Crippen molar-refractivity contribution >= 4 is 5.78 Å². The Kier molecular flexibility index (Phi) is 2.27. The summed E-state index contributed by atoms with van der Waals surface area (Å²) in [7, 11) is 0. The molecule has 0 aromatic heterocycles.